The molecule has 0 atom stereocenters. The first-order valence-corrected chi connectivity index (χ1v) is 9.16. The van der Waals surface area contributed by atoms with Crippen LogP contribution in [0.15, 0.2) is 48.5 Å². The van der Waals surface area contributed by atoms with E-state index in [1.54, 1.807) is 0 Å². The molecule has 3 rings (SSSR count). The van der Waals surface area contributed by atoms with Gasteiger partial charge in [0.15, 0.2) is 0 Å². The predicted molar refractivity (Wildman–Crippen MR) is 97.3 cm³/mol. The summed E-state index contributed by atoms with van der Waals surface area (Å²) in [6.07, 6.45) is 5.87. The van der Waals surface area contributed by atoms with Crippen LogP contribution in [0.25, 0.3) is 21.5 Å². The summed E-state index contributed by atoms with van der Waals surface area (Å²) >= 11 is 1.91. The number of thioether (sulfide) groups is 1. The van der Waals surface area contributed by atoms with Crippen molar-refractivity contribution in [3.05, 3.63) is 59.7 Å². The first kappa shape index (κ1) is 14.5. The molecule has 0 bridgehead atoms. The van der Waals surface area contributed by atoms with Gasteiger partial charge in [-0.1, -0.05) is 61.9 Å². The Morgan fingerprint density at radius 2 is 1.24 bits per heavy atom. The van der Waals surface area contributed by atoms with E-state index in [-0.39, 0.29) is 0 Å². The molecule has 0 N–H and O–H groups in total. The van der Waals surface area contributed by atoms with E-state index in [0.717, 1.165) is 5.75 Å². The zero-order valence-corrected chi connectivity index (χ0v) is 13.7. The van der Waals surface area contributed by atoms with Crippen LogP contribution in [0.2, 0.25) is 0 Å². The largest absolute Gasteiger partial charge is 0.161 e. The topological polar surface area (TPSA) is 0 Å². The molecule has 0 amide bonds. The van der Waals surface area contributed by atoms with E-state index in [9.17, 15) is 0 Å². The lowest BCUT2D eigenvalue weighted by Gasteiger charge is -2.16. The minimum Gasteiger partial charge on any atom is -0.161 e. The molecule has 0 saturated heterocycles. The van der Waals surface area contributed by atoms with Gasteiger partial charge in [0.1, 0.15) is 0 Å². The second kappa shape index (κ2) is 6.53. The second-order valence-electron chi connectivity index (χ2n) is 5.58. The molecular formula is C20H22S. The Balaban J connectivity index is 2.38. The summed E-state index contributed by atoms with van der Waals surface area (Å²) in [5.74, 6) is 1.08. The maximum atomic E-state index is 2.30. The molecule has 0 heterocycles. The van der Waals surface area contributed by atoms with E-state index in [1.165, 1.54) is 51.9 Å². The van der Waals surface area contributed by atoms with E-state index in [0.29, 0.717) is 0 Å². The predicted octanol–water partition coefficient (Wildman–Crippen LogP) is 6.20. The summed E-state index contributed by atoms with van der Waals surface area (Å²) < 4.78 is 0. The van der Waals surface area contributed by atoms with Crippen molar-refractivity contribution in [2.75, 3.05) is 6.26 Å². The van der Waals surface area contributed by atoms with Crippen LogP contribution in [0.4, 0.5) is 0 Å². The summed E-state index contributed by atoms with van der Waals surface area (Å²) in [6.45, 7) is 2.27. The number of benzene rings is 3. The van der Waals surface area contributed by atoms with Gasteiger partial charge in [0.05, 0.1) is 0 Å². The summed E-state index contributed by atoms with van der Waals surface area (Å²) in [4.78, 5) is 0. The molecule has 0 saturated carbocycles. The Morgan fingerprint density at radius 3 is 1.67 bits per heavy atom. The number of rotatable bonds is 5. The van der Waals surface area contributed by atoms with Gasteiger partial charge in [-0.25, -0.2) is 0 Å². The molecule has 1 heteroatoms. The van der Waals surface area contributed by atoms with Crippen molar-refractivity contribution in [3.63, 3.8) is 0 Å². The molecular weight excluding hydrogens is 272 g/mol. The molecule has 0 unspecified atom stereocenters. The van der Waals surface area contributed by atoms with E-state index in [4.69, 9.17) is 0 Å². The van der Waals surface area contributed by atoms with Crippen LogP contribution >= 0.6 is 11.8 Å². The van der Waals surface area contributed by atoms with Crippen LogP contribution in [0.5, 0.6) is 0 Å². The van der Waals surface area contributed by atoms with Gasteiger partial charge in [-0.05, 0) is 51.8 Å². The Bertz CT molecular complexity index is 701. The Labute approximate surface area is 131 Å². The van der Waals surface area contributed by atoms with E-state index >= 15 is 0 Å². The number of hydrogen-bond acceptors (Lipinski definition) is 1. The van der Waals surface area contributed by atoms with Gasteiger partial charge in [0.2, 0.25) is 0 Å². The summed E-state index contributed by atoms with van der Waals surface area (Å²) in [5, 5.41) is 5.79. The summed E-state index contributed by atoms with van der Waals surface area (Å²) in [5.41, 5.74) is 3.03. The SMILES string of the molecule is CCCCc1c2ccccc2c(CSC)c2ccccc12. The fourth-order valence-electron chi connectivity index (χ4n) is 3.23. The molecule has 108 valence electrons. The molecule has 21 heavy (non-hydrogen) atoms. The standard InChI is InChI=1S/C20H22S/c1-3-4-9-15-16-10-5-7-12-18(16)20(14-21-2)19-13-8-6-11-17(15)19/h5-8,10-13H,3-4,9,14H2,1-2H3. The molecule has 0 nitrogen and oxygen atoms in total. The van der Waals surface area contributed by atoms with Crippen LogP contribution in [0.3, 0.4) is 0 Å². The highest BCUT2D eigenvalue weighted by Crippen LogP contribution is 2.35. The third-order valence-corrected chi connectivity index (χ3v) is 4.80. The van der Waals surface area contributed by atoms with E-state index in [2.05, 4.69) is 61.7 Å². The quantitative estimate of drug-likeness (QED) is 0.505. The fraction of sp³-hybridized carbons (Fsp3) is 0.300. The first-order valence-electron chi connectivity index (χ1n) is 7.77. The van der Waals surface area contributed by atoms with E-state index < -0.39 is 0 Å². The molecule has 0 aliphatic rings. The number of aryl methyl sites for hydroxylation is 1. The van der Waals surface area contributed by atoms with Crippen molar-refractivity contribution in [3.8, 4) is 0 Å². The van der Waals surface area contributed by atoms with Crippen molar-refractivity contribution in [2.45, 2.75) is 31.9 Å². The number of hydrogen-bond donors (Lipinski definition) is 0. The van der Waals surface area contributed by atoms with Gasteiger partial charge < -0.3 is 0 Å². The third kappa shape index (κ3) is 2.67. The molecule has 0 aliphatic heterocycles. The first-order chi connectivity index (χ1) is 10.4. The van der Waals surface area contributed by atoms with Crippen LogP contribution in [-0.4, -0.2) is 6.26 Å². The maximum absolute atomic E-state index is 2.30. The minimum absolute atomic E-state index is 1.08. The maximum Gasteiger partial charge on any atom is 0.0194 e. The van der Waals surface area contributed by atoms with Crippen molar-refractivity contribution in [1.82, 2.24) is 0 Å². The average molecular weight is 294 g/mol. The zero-order chi connectivity index (χ0) is 14.7. The molecule has 0 aliphatic carbocycles. The molecule has 3 aromatic rings. The lowest BCUT2D eigenvalue weighted by atomic mass is 9.90. The van der Waals surface area contributed by atoms with Crippen molar-refractivity contribution in [1.29, 1.82) is 0 Å². The highest BCUT2D eigenvalue weighted by atomic mass is 32.2. The van der Waals surface area contributed by atoms with Gasteiger partial charge in [-0.2, -0.15) is 11.8 Å². The zero-order valence-electron chi connectivity index (χ0n) is 12.9. The monoisotopic (exact) mass is 294 g/mol. The third-order valence-electron chi connectivity index (χ3n) is 4.22. The lowest BCUT2D eigenvalue weighted by Crippen LogP contribution is -1.95. The Kier molecular flexibility index (Phi) is 4.50. The van der Waals surface area contributed by atoms with Gasteiger partial charge in [-0.15, -0.1) is 0 Å². The highest BCUT2D eigenvalue weighted by molar-refractivity contribution is 7.97. The van der Waals surface area contributed by atoms with Crippen LogP contribution < -0.4 is 0 Å². The highest BCUT2D eigenvalue weighted by Gasteiger charge is 2.12. The van der Waals surface area contributed by atoms with Gasteiger partial charge in [0, 0.05) is 5.75 Å². The average Bonchev–Trinajstić information content (AvgIpc) is 2.54. The van der Waals surface area contributed by atoms with Crippen LogP contribution in [0, 0.1) is 0 Å². The lowest BCUT2D eigenvalue weighted by molar-refractivity contribution is 0.802. The number of unbranched alkanes of at least 4 members (excludes halogenated alkanes) is 1. The van der Waals surface area contributed by atoms with Crippen molar-refractivity contribution >= 4 is 33.3 Å². The van der Waals surface area contributed by atoms with Crippen LogP contribution in [0.1, 0.15) is 30.9 Å². The molecule has 0 radical (unpaired) electrons. The normalized spacial score (nSPS) is 11.3. The Morgan fingerprint density at radius 1 is 0.762 bits per heavy atom. The van der Waals surface area contributed by atoms with Crippen LogP contribution in [-0.2, 0) is 12.2 Å². The second-order valence-corrected chi connectivity index (χ2v) is 6.45. The molecule has 0 aromatic heterocycles. The molecule has 0 spiro atoms. The minimum atomic E-state index is 1.08. The van der Waals surface area contributed by atoms with Crippen molar-refractivity contribution < 1.29 is 0 Å². The Hall–Kier alpha value is -1.47. The van der Waals surface area contributed by atoms with Gasteiger partial charge >= 0.3 is 0 Å². The summed E-state index contributed by atoms with van der Waals surface area (Å²) in [6, 6.07) is 17.9. The number of fused-ring (bicyclic) bond motifs is 2. The molecule has 0 fully saturated rings. The van der Waals surface area contributed by atoms with E-state index in [1.807, 2.05) is 11.8 Å². The van der Waals surface area contributed by atoms with Gasteiger partial charge in [-0.3, -0.25) is 0 Å². The van der Waals surface area contributed by atoms with Gasteiger partial charge in [0.25, 0.3) is 0 Å². The smallest absolute Gasteiger partial charge is 0.0194 e. The van der Waals surface area contributed by atoms with Crippen molar-refractivity contribution in [2.24, 2.45) is 0 Å². The fourth-order valence-corrected chi connectivity index (χ4v) is 3.83. The summed E-state index contributed by atoms with van der Waals surface area (Å²) in [7, 11) is 0. The molecule has 3 aromatic carbocycles.